The van der Waals surface area contributed by atoms with E-state index >= 15 is 0 Å². The second-order valence-electron chi connectivity index (χ2n) is 6.11. The zero-order valence-electron chi connectivity index (χ0n) is 12.5. The minimum absolute atomic E-state index is 0.0404. The van der Waals surface area contributed by atoms with Gasteiger partial charge in [-0.25, -0.2) is 4.79 Å². The van der Waals surface area contributed by atoms with E-state index in [4.69, 9.17) is 9.47 Å². The smallest absolute Gasteiger partial charge is 0.410 e. The number of carbonyl (C=O) groups is 1. The third-order valence-electron chi connectivity index (χ3n) is 3.10. The van der Waals surface area contributed by atoms with Crippen LogP contribution < -0.4 is 0 Å². The molecule has 2 rings (SSSR count). The summed E-state index contributed by atoms with van der Waals surface area (Å²) in [6.07, 6.45) is 0.609. The van der Waals surface area contributed by atoms with Gasteiger partial charge in [0.05, 0.1) is 19.3 Å². The molecular formula is C16H23NO3. The van der Waals surface area contributed by atoms with Crippen molar-refractivity contribution in [3.8, 4) is 0 Å². The van der Waals surface area contributed by atoms with Crippen molar-refractivity contribution in [2.75, 3.05) is 19.7 Å². The zero-order chi connectivity index (χ0) is 14.6. The molecule has 1 unspecified atom stereocenters. The van der Waals surface area contributed by atoms with E-state index in [1.54, 1.807) is 4.90 Å². The van der Waals surface area contributed by atoms with E-state index < -0.39 is 5.60 Å². The van der Waals surface area contributed by atoms with E-state index in [9.17, 15) is 4.79 Å². The first kappa shape index (κ1) is 14.9. The summed E-state index contributed by atoms with van der Waals surface area (Å²) in [5, 5.41) is 0. The van der Waals surface area contributed by atoms with Gasteiger partial charge in [0.1, 0.15) is 5.60 Å². The average molecular weight is 277 g/mol. The van der Waals surface area contributed by atoms with Gasteiger partial charge in [-0.15, -0.1) is 0 Å². The Morgan fingerprint density at radius 2 is 2.05 bits per heavy atom. The van der Waals surface area contributed by atoms with Gasteiger partial charge in [-0.3, -0.25) is 0 Å². The maximum Gasteiger partial charge on any atom is 0.410 e. The molecule has 1 aromatic rings. The highest BCUT2D eigenvalue weighted by Gasteiger charge is 2.28. The monoisotopic (exact) mass is 277 g/mol. The van der Waals surface area contributed by atoms with Crippen molar-refractivity contribution in [3.05, 3.63) is 35.9 Å². The Hall–Kier alpha value is -1.55. The summed E-state index contributed by atoms with van der Waals surface area (Å²) in [6.45, 7) is 7.40. The zero-order valence-corrected chi connectivity index (χ0v) is 12.5. The van der Waals surface area contributed by atoms with Gasteiger partial charge < -0.3 is 14.4 Å². The number of amides is 1. The van der Waals surface area contributed by atoms with Crippen LogP contribution >= 0.6 is 0 Å². The van der Waals surface area contributed by atoms with Crippen molar-refractivity contribution in [1.29, 1.82) is 0 Å². The molecule has 0 saturated carbocycles. The number of benzene rings is 1. The molecule has 20 heavy (non-hydrogen) atoms. The van der Waals surface area contributed by atoms with Crippen molar-refractivity contribution >= 4 is 6.09 Å². The molecule has 0 N–H and O–H groups in total. The number of nitrogens with zero attached hydrogens (tertiary/aromatic N) is 1. The number of morpholine rings is 1. The fraction of sp³-hybridized carbons (Fsp3) is 0.562. The Kier molecular flexibility index (Phi) is 4.65. The third kappa shape index (κ3) is 4.53. The van der Waals surface area contributed by atoms with Crippen molar-refractivity contribution in [2.45, 2.75) is 38.9 Å². The molecule has 110 valence electrons. The Morgan fingerprint density at radius 3 is 2.70 bits per heavy atom. The molecule has 0 aliphatic carbocycles. The highest BCUT2D eigenvalue weighted by Crippen LogP contribution is 2.15. The van der Waals surface area contributed by atoms with Crippen LogP contribution in [0.4, 0.5) is 4.79 Å². The highest BCUT2D eigenvalue weighted by molar-refractivity contribution is 5.68. The van der Waals surface area contributed by atoms with Crippen LogP contribution in [0, 0.1) is 0 Å². The average Bonchev–Trinajstić information content (AvgIpc) is 2.38. The van der Waals surface area contributed by atoms with Crippen LogP contribution in [0.25, 0.3) is 0 Å². The van der Waals surface area contributed by atoms with E-state index in [0.717, 1.165) is 6.42 Å². The van der Waals surface area contributed by atoms with Gasteiger partial charge in [0, 0.05) is 13.0 Å². The van der Waals surface area contributed by atoms with Crippen LogP contribution in [0.2, 0.25) is 0 Å². The van der Waals surface area contributed by atoms with Gasteiger partial charge in [0.25, 0.3) is 0 Å². The van der Waals surface area contributed by atoms with Gasteiger partial charge in [-0.2, -0.15) is 0 Å². The first-order valence-electron chi connectivity index (χ1n) is 7.07. The van der Waals surface area contributed by atoms with Crippen LogP contribution in [-0.2, 0) is 15.9 Å². The van der Waals surface area contributed by atoms with Crippen molar-refractivity contribution in [2.24, 2.45) is 0 Å². The maximum absolute atomic E-state index is 12.1. The second kappa shape index (κ2) is 6.27. The molecule has 0 bridgehead atoms. The summed E-state index contributed by atoms with van der Waals surface area (Å²) in [6, 6.07) is 10.2. The number of carbonyl (C=O) groups excluding carboxylic acids is 1. The molecule has 1 atom stereocenters. The molecule has 4 nitrogen and oxygen atoms in total. The Labute approximate surface area is 120 Å². The number of hydrogen-bond donors (Lipinski definition) is 0. The van der Waals surface area contributed by atoms with E-state index in [1.807, 2.05) is 39.0 Å². The lowest BCUT2D eigenvalue weighted by atomic mass is 10.1. The quantitative estimate of drug-likeness (QED) is 0.834. The van der Waals surface area contributed by atoms with E-state index in [-0.39, 0.29) is 12.2 Å². The van der Waals surface area contributed by atoms with Gasteiger partial charge in [-0.1, -0.05) is 30.3 Å². The topological polar surface area (TPSA) is 38.8 Å². The van der Waals surface area contributed by atoms with Crippen LogP contribution in [0.1, 0.15) is 26.3 Å². The van der Waals surface area contributed by atoms with E-state index in [0.29, 0.717) is 19.7 Å². The molecule has 1 aliphatic heterocycles. The summed E-state index contributed by atoms with van der Waals surface area (Å²) < 4.78 is 11.2. The molecule has 0 radical (unpaired) electrons. The predicted molar refractivity (Wildman–Crippen MR) is 77.7 cm³/mol. The number of ether oxygens (including phenoxy) is 2. The van der Waals surface area contributed by atoms with Crippen LogP contribution in [0.3, 0.4) is 0 Å². The summed E-state index contributed by atoms with van der Waals surface area (Å²) in [5.41, 5.74) is 0.771. The van der Waals surface area contributed by atoms with E-state index in [2.05, 4.69) is 12.1 Å². The summed E-state index contributed by atoms with van der Waals surface area (Å²) in [7, 11) is 0. The lowest BCUT2D eigenvalue weighted by Crippen LogP contribution is -2.48. The summed E-state index contributed by atoms with van der Waals surface area (Å²) >= 11 is 0. The number of rotatable bonds is 2. The van der Waals surface area contributed by atoms with Gasteiger partial charge in [0.15, 0.2) is 0 Å². The molecule has 4 heteroatoms. The van der Waals surface area contributed by atoms with Gasteiger partial charge >= 0.3 is 6.09 Å². The minimum Gasteiger partial charge on any atom is -0.444 e. The third-order valence-corrected chi connectivity index (χ3v) is 3.10. The largest absolute Gasteiger partial charge is 0.444 e. The molecule has 1 aliphatic rings. The van der Waals surface area contributed by atoms with E-state index in [1.165, 1.54) is 5.56 Å². The second-order valence-corrected chi connectivity index (χ2v) is 6.11. The molecule has 0 aromatic heterocycles. The SMILES string of the molecule is CC(C)(C)OC(=O)N1CCOC(Cc2ccccc2)C1. The summed E-state index contributed by atoms with van der Waals surface area (Å²) in [4.78, 5) is 13.8. The molecule has 1 heterocycles. The summed E-state index contributed by atoms with van der Waals surface area (Å²) in [5.74, 6) is 0. The van der Waals surface area contributed by atoms with Crippen molar-refractivity contribution < 1.29 is 14.3 Å². The highest BCUT2D eigenvalue weighted by atomic mass is 16.6. The Balaban J connectivity index is 1.90. The minimum atomic E-state index is -0.454. The normalized spacial score (nSPS) is 19.8. The van der Waals surface area contributed by atoms with Gasteiger partial charge in [-0.05, 0) is 26.3 Å². The molecule has 1 fully saturated rings. The molecule has 0 spiro atoms. The fourth-order valence-electron chi connectivity index (χ4n) is 2.21. The Bertz CT molecular complexity index is 439. The van der Waals surface area contributed by atoms with Crippen molar-refractivity contribution in [3.63, 3.8) is 0 Å². The predicted octanol–water partition coefficient (Wildman–Crippen LogP) is 2.87. The van der Waals surface area contributed by atoms with Crippen molar-refractivity contribution in [1.82, 2.24) is 4.90 Å². The molecule has 1 aromatic carbocycles. The lowest BCUT2D eigenvalue weighted by molar-refractivity contribution is -0.0415. The fourth-order valence-corrected chi connectivity index (χ4v) is 2.21. The van der Waals surface area contributed by atoms with Crippen LogP contribution in [-0.4, -0.2) is 42.4 Å². The first-order chi connectivity index (χ1) is 9.44. The number of hydrogen-bond acceptors (Lipinski definition) is 3. The first-order valence-corrected chi connectivity index (χ1v) is 7.07. The maximum atomic E-state index is 12.1. The molecular weight excluding hydrogens is 254 g/mol. The van der Waals surface area contributed by atoms with Gasteiger partial charge in [0.2, 0.25) is 0 Å². The Morgan fingerprint density at radius 1 is 1.35 bits per heavy atom. The van der Waals surface area contributed by atoms with Crippen LogP contribution in [0.5, 0.6) is 0 Å². The standard InChI is InChI=1S/C16H23NO3/c1-16(2,3)20-15(18)17-9-10-19-14(12-17)11-13-7-5-4-6-8-13/h4-8,14H,9-12H2,1-3H3. The lowest BCUT2D eigenvalue weighted by Gasteiger charge is -2.34. The molecule has 1 amide bonds. The molecule has 1 saturated heterocycles. The van der Waals surface area contributed by atoms with Crippen LogP contribution in [0.15, 0.2) is 30.3 Å².